The molecular formula is C16H21N3O3. The van der Waals surface area contributed by atoms with Gasteiger partial charge in [-0.3, -0.25) is 14.5 Å². The Morgan fingerprint density at radius 1 is 1.36 bits per heavy atom. The van der Waals surface area contributed by atoms with Crippen molar-refractivity contribution in [1.29, 1.82) is 0 Å². The Labute approximate surface area is 129 Å². The van der Waals surface area contributed by atoms with Crippen LogP contribution in [0, 0.1) is 13.8 Å². The molecule has 0 radical (unpaired) electrons. The molecule has 1 aliphatic heterocycles. The molecule has 0 aliphatic carbocycles. The van der Waals surface area contributed by atoms with Gasteiger partial charge in [0.25, 0.3) is 5.91 Å². The number of hydrogen-bond acceptors (Lipinski definition) is 3. The van der Waals surface area contributed by atoms with Gasteiger partial charge in [0.05, 0.1) is 6.54 Å². The number of hydrogen-bond donors (Lipinski definition) is 1. The van der Waals surface area contributed by atoms with Crippen molar-refractivity contribution in [2.75, 3.05) is 6.54 Å². The third-order valence-corrected chi connectivity index (χ3v) is 3.93. The van der Waals surface area contributed by atoms with Gasteiger partial charge in [0.2, 0.25) is 0 Å². The summed E-state index contributed by atoms with van der Waals surface area (Å²) >= 11 is 0. The van der Waals surface area contributed by atoms with Gasteiger partial charge in [-0.05, 0) is 33.8 Å². The number of allylic oxidation sites excluding steroid dienone is 1. The number of nitrogens with zero attached hydrogens (tertiary/aromatic N) is 2. The standard InChI is InChI=1S/C16H21N3O3/c1-6-7-18-10(2)8-12(11(18)3)13(20)9-19-14(21)16(4,5)17-15(19)22/h6,8H,1,7,9H2,2-5H3,(H,17,22). The average Bonchev–Trinajstić information content (AvgIpc) is 2.80. The molecule has 0 aromatic carbocycles. The predicted molar refractivity (Wildman–Crippen MR) is 82.8 cm³/mol. The molecule has 0 saturated carbocycles. The molecule has 0 unspecified atom stereocenters. The Bertz CT molecular complexity index is 670. The van der Waals surface area contributed by atoms with E-state index in [0.29, 0.717) is 12.1 Å². The Hall–Kier alpha value is -2.37. The van der Waals surface area contributed by atoms with E-state index in [4.69, 9.17) is 0 Å². The summed E-state index contributed by atoms with van der Waals surface area (Å²) in [5.74, 6) is -0.629. The van der Waals surface area contributed by atoms with Crippen LogP contribution in [0.4, 0.5) is 4.79 Å². The highest BCUT2D eigenvalue weighted by Gasteiger charge is 2.45. The van der Waals surface area contributed by atoms with E-state index < -0.39 is 11.6 Å². The smallest absolute Gasteiger partial charge is 0.325 e. The van der Waals surface area contributed by atoms with Crippen LogP contribution in [-0.2, 0) is 11.3 Å². The molecule has 1 aromatic heterocycles. The van der Waals surface area contributed by atoms with E-state index in [2.05, 4.69) is 11.9 Å². The van der Waals surface area contributed by atoms with E-state index in [1.807, 2.05) is 18.4 Å². The minimum absolute atomic E-state index is 0.244. The number of imide groups is 1. The number of rotatable bonds is 5. The molecule has 2 rings (SSSR count). The Morgan fingerprint density at radius 2 is 2.00 bits per heavy atom. The third kappa shape index (κ3) is 2.56. The molecule has 118 valence electrons. The lowest BCUT2D eigenvalue weighted by Crippen LogP contribution is -2.41. The van der Waals surface area contributed by atoms with Crippen molar-refractivity contribution >= 4 is 17.7 Å². The summed E-state index contributed by atoms with van der Waals surface area (Å²) in [6, 6.07) is 1.26. The Balaban J connectivity index is 2.24. The molecular weight excluding hydrogens is 282 g/mol. The normalized spacial score (nSPS) is 16.8. The summed E-state index contributed by atoms with van der Waals surface area (Å²) in [5, 5.41) is 2.57. The topological polar surface area (TPSA) is 71.4 Å². The monoisotopic (exact) mass is 303 g/mol. The summed E-state index contributed by atoms with van der Waals surface area (Å²) in [7, 11) is 0. The maximum Gasteiger partial charge on any atom is 0.325 e. The van der Waals surface area contributed by atoms with Crippen LogP contribution in [0.15, 0.2) is 18.7 Å². The van der Waals surface area contributed by atoms with E-state index in [0.717, 1.165) is 16.3 Å². The minimum atomic E-state index is -0.961. The second-order valence-electron chi connectivity index (χ2n) is 6.05. The second kappa shape index (κ2) is 5.44. The fourth-order valence-corrected chi connectivity index (χ4v) is 2.68. The fourth-order valence-electron chi connectivity index (χ4n) is 2.68. The predicted octanol–water partition coefficient (Wildman–Crippen LogP) is 1.80. The van der Waals surface area contributed by atoms with E-state index in [1.165, 1.54) is 0 Å². The zero-order chi connectivity index (χ0) is 16.7. The highest BCUT2D eigenvalue weighted by Crippen LogP contribution is 2.20. The highest BCUT2D eigenvalue weighted by atomic mass is 16.2. The zero-order valence-corrected chi connectivity index (χ0v) is 13.4. The summed E-state index contributed by atoms with van der Waals surface area (Å²) in [5.41, 5.74) is 1.33. The molecule has 0 spiro atoms. The molecule has 3 amide bonds. The van der Waals surface area contributed by atoms with E-state index in [1.54, 1.807) is 26.0 Å². The quantitative estimate of drug-likeness (QED) is 0.512. The number of carbonyl (C=O) groups is 3. The molecule has 1 N–H and O–H groups in total. The molecule has 6 nitrogen and oxygen atoms in total. The van der Waals surface area contributed by atoms with Gasteiger partial charge in [0.15, 0.2) is 5.78 Å². The lowest BCUT2D eigenvalue weighted by Gasteiger charge is -2.15. The number of Topliss-reactive ketones (excluding diaryl/α,β-unsaturated/α-hetero) is 1. The van der Waals surface area contributed by atoms with Crippen molar-refractivity contribution in [1.82, 2.24) is 14.8 Å². The zero-order valence-electron chi connectivity index (χ0n) is 13.4. The van der Waals surface area contributed by atoms with Crippen LogP contribution in [0.2, 0.25) is 0 Å². The SMILES string of the molecule is C=CCn1c(C)cc(C(=O)CN2C(=O)NC(C)(C)C2=O)c1C. The van der Waals surface area contributed by atoms with Crippen molar-refractivity contribution in [2.45, 2.75) is 39.8 Å². The molecule has 1 aliphatic rings. The van der Waals surface area contributed by atoms with Crippen LogP contribution in [-0.4, -0.2) is 39.3 Å². The third-order valence-electron chi connectivity index (χ3n) is 3.93. The van der Waals surface area contributed by atoms with Gasteiger partial charge in [-0.15, -0.1) is 6.58 Å². The van der Waals surface area contributed by atoms with Gasteiger partial charge in [0, 0.05) is 23.5 Å². The van der Waals surface area contributed by atoms with Gasteiger partial charge in [-0.1, -0.05) is 6.08 Å². The second-order valence-corrected chi connectivity index (χ2v) is 6.05. The number of carbonyl (C=O) groups excluding carboxylic acids is 3. The van der Waals surface area contributed by atoms with Crippen molar-refractivity contribution in [3.63, 3.8) is 0 Å². The van der Waals surface area contributed by atoms with Crippen LogP contribution in [0.5, 0.6) is 0 Å². The van der Waals surface area contributed by atoms with Crippen molar-refractivity contribution in [3.8, 4) is 0 Å². The molecule has 0 bridgehead atoms. The fraction of sp³-hybridized carbons (Fsp3) is 0.438. The van der Waals surface area contributed by atoms with E-state index in [-0.39, 0.29) is 18.2 Å². The number of nitrogens with one attached hydrogen (secondary N) is 1. The first-order valence-electron chi connectivity index (χ1n) is 7.14. The van der Waals surface area contributed by atoms with Gasteiger partial charge in [-0.25, -0.2) is 4.79 Å². The molecule has 6 heteroatoms. The van der Waals surface area contributed by atoms with E-state index in [9.17, 15) is 14.4 Å². The van der Waals surface area contributed by atoms with Crippen molar-refractivity contribution < 1.29 is 14.4 Å². The summed E-state index contributed by atoms with van der Waals surface area (Å²) in [4.78, 5) is 37.4. The van der Waals surface area contributed by atoms with Crippen LogP contribution in [0.25, 0.3) is 0 Å². The lowest BCUT2D eigenvalue weighted by atomic mass is 10.1. The molecule has 1 aromatic rings. The largest absolute Gasteiger partial charge is 0.345 e. The van der Waals surface area contributed by atoms with Gasteiger partial charge in [-0.2, -0.15) is 0 Å². The maximum absolute atomic E-state index is 12.5. The first-order valence-corrected chi connectivity index (χ1v) is 7.14. The number of ketones is 1. The average molecular weight is 303 g/mol. The first kappa shape index (κ1) is 16.0. The number of urea groups is 1. The minimum Gasteiger partial charge on any atom is -0.345 e. The van der Waals surface area contributed by atoms with Crippen molar-refractivity contribution in [3.05, 3.63) is 35.7 Å². The van der Waals surface area contributed by atoms with Gasteiger partial charge >= 0.3 is 6.03 Å². The van der Waals surface area contributed by atoms with E-state index >= 15 is 0 Å². The Morgan fingerprint density at radius 3 is 2.50 bits per heavy atom. The number of aryl methyl sites for hydroxylation is 1. The van der Waals surface area contributed by atoms with Crippen LogP contribution in [0.1, 0.15) is 35.6 Å². The van der Waals surface area contributed by atoms with Crippen molar-refractivity contribution in [2.24, 2.45) is 0 Å². The number of aromatic nitrogens is 1. The molecule has 0 atom stereocenters. The summed E-state index contributed by atoms with van der Waals surface area (Å²) < 4.78 is 1.97. The molecule has 1 fully saturated rings. The first-order chi connectivity index (χ1) is 10.2. The summed E-state index contributed by atoms with van der Waals surface area (Å²) in [6.45, 7) is 11.1. The van der Waals surface area contributed by atoms with Crippen LogP contribution in [0.3, 0.4) is 0 Å². The molecule has 1 saturated heterocycles. The van der Waals surface area contributed by atoms with Crippen LogP contribution < -0.4 is 5.32 Å². The lowest BCUT2D eigenvalue weighted by molar-refractivity contribution is -0.129. The Kier molecular flexibility index (Phi) is 3.96. The molecule has 22 heavy (non-hydrogen) atoms. The highest BCUT2D eigenvalue weighted by molar-refractivity contribution is 6.11. The van der Waals surface area contributed by atoms with Gasteiger partial charge in [0.1, 0.15) is 5.54 Å². The summed E-state index contributed by atoms with van der Waals surface area (Å²) in [6.07, 6.45) is 1.76. The maximum atomic E-state index is 12.5. The van der Waals surface area contributed by atoms with Crippen LogP contribution >= 0.6 is 0 Å². The number of amides is 3. The van der Waals surface area contributed by atoms with Gasteiger partial charge < -0.3 is 9.88 Å². The molecule has 2 heterocycles.